The number of ketones is 1. The maximum atomic E-state index is 12.5. The van der Waals surface area contributed by atoms with E-state index >= 15 is 0 Å². The first kappa shape index (κ1) is 29.6. The van der Waals surface area contributed by atoms with Crippen LogP contribution >= 0.6 is 34.8 Å². The molecule has 2 atom stereocenters. The highest BCUT2D eigenvalue weighted by atomic mass is 35.5. The number of anilines is 1. The van der Waals surface area contributed by atoms with Crippen LogP contribution in [0.25, 0.3) is 0 Å². The third-order valence-electron chi connectivity index (χ3n) is 4.67. The van der Waals surface area contributed by atoms with Crippen molar-refractivity contribution in [3.63, 3.8) is 0 Å². The molecule has 4 N–H and O–H groups in total. The topological polar surface area (TPSA) is 168 Å². The number of hydrogen-bond donors (Lipinski definition) is 4. The second-order valence-corrected chi connectivity index (χ2v) is 8.65. The molecule has 0 saturated heterocycles. The molecule has 2 aromatic carbocycles. The third kappa shape index (κ3) is 8.74. The largest absolute Gasteiger partial charge is 0.481 e. The van der Waals surface area contributed by atoms with Crippen molar-refractivity contribution in [2.45, 2.75) is 25.4 Å². The number of halogens is 3. The first-order valence-electron chi connectivity index (χ1n) is 10.4. The standard InChI is InChI=1S/C23H20Cl3N3O8/c1-11(27-21(34)22(35)28-15-8-3-2-5-12(15)24)20(33)29-16(9-18(31)32)17(30)10-37-23(36)19-13(25)6-4-7-14(19)26/h2-8,11,16H,9-10H2,1H3,(H,27,34)(H,28,35)(H,29,33)(H,31,32)/t11-,16-/m0/s1. The predicted octanol–water partition coefficient (Wildman–Crippen LogP) is 2.48. The Bertz CT molecular complexity index is 1220. The number of para-hydroxylation sites is 1. The summed E-state index contributed by atoms with van der Waals surface area (Å²) in [5.41, 5.74) is -0.0231. The number of rotatable bonds is 10. The van der Waals surface area contributed by atoms with Gasteiger partial charge >= 0.3 is 23.8 Å². The smallest absolute Gasteiger partial charge is 0.341 e. The number of Topliss-reactive ketones (excluding diaryl/α,β-unsaturated/α-hetero) is 1. The van der Waals surface area contributed by atoms with E-state index in [4.69, 9.17) is 44.6 Å². The molecule has 11 nitrogen and oxygen atoms in total. The van der Waals surface area contributed by atoms with E-state index in [0.29, 0.717) is 0 Å². The number of carboxylic acids is 1. The summed E-state index contributed by atoms with van der Waals surface area (Å²) in [6, 6.07) is 7.43. The van der Waals surface area contributed by atoms with Gasteiger partial charge in [0.05, 0.1) is 32.7 Å². The minimum absolute atomic E-state index is 0.0246. The van der Waals surface area contributed by atoms with Crippen LogP contribution in [0.3, 0.4) is 0 Å². The first-order chi connectivity index (χ1) is 17.4. The molecule has 2 rings (SSSR count). The van der Waals surface area contributed by atoms with Crippen LogP contribution in [-0.2, 0) is 28.7 Å². The Labute approximate surface area is 225 Å². The fourth-order valence-electron chi connectivity index (χ4n) is 2.79. The van der Waals surface area contributed by atoms with Crippen molar-refractivity contribution < 1.29 is 38.6 Å². The van der Waals surface area contributed by atoms with Gasteiger partial charge in [0.25, 0.3) is 0 Å². The number of hydrogen-bond acceptors (Lipinski definition) is 7. The Morgan fingerprint density at radius 1 is 0.865 bits per heavy atom. The lowest BCUT2D eigenvalue weighted by molar-refractivity contribution is -0.141. The molecule has 37 heavy (non-hydrogen) atoms. The quantitative estimate of drug-likeness (QED) is 0.249. The van der Waals surface area contributed by atoms with Gasteiger partial charge in [-0.1, -0.05) is 53.0 Å². The van der Waals surface area contributed by atoms with Gasteiger partial charge in [-0.25, -0.2) is 4.79 Å². The van der Waals surface area contributed by atoms with Crippen LogP contribution in [0.1, 0.15) is 23.7 Å². The molecule has 3 amide bonds. The number of ether oxygens (including phenoxy) is 1. The minimum atomic E-state index is -1.61. The van der Waals surface area contributed by atoms with Gasteiger partial charge in [-0.3, -0.25) is 24.0 Å². The van der Waals surface area contributed by atoms with Crippen molar-refractivity contribution in [1.29, 1.82) is 0 Å². The number of benzene rings is 2. The van der Waals surface area contributed by atoms with Crippen LogP contribution < -0.4 is 16.0 Å². The van der Waals surface area contributed by atoms with Gasteiger partial charge in [-0.15, -0.1) is 0 Å². The van der Waals surface area contributed by atoms with Crippen molar-refractivity contribution in [3.8, 4) is 0 Å². The summed E-state index contributed by atoms with van der Waals surface area (Å²) in [5.74, 6) is -6.70. The lowest BCUT2D eigenvalue weighted by Crippen LogP contribution is -2.53. The number of carboxylic acid groups (broad SMARTS) is 1. The molecule has 0 aromatic heterocycles. The number of carbonyl (C=O) groups excluding carboxylic acids is 5. The van der Waals surface area contributed by atoms with Crippen LogP contribution in [0, 0.1) is 0 Å². The monoisotopic (exact) mass is 571 g/mol. The van der Waals surface area contributed by atoms with Gasteiger partial charge in [0.15, 0.2) is 12.4 Å². The normalized spacial score (nSPS) is 12.0. The summed E-state index contributed by atoms with van der Waals surface area (Å²) in [4.78, 5) is 72.7. The zero-order valence-corrected chi connectivity index (χ0v) is 21.3. The van der Waals surface area contributed by atoms with Crippen LogP contribution in [0.2, 0.25) is 15.1 Å². The number of esters is 1. The van der Waals surface area contributed by atoms with Gasteiger partial charge in [0.1, 0.15) is 12.1 Å². The molecule has 0 heterocycles. The molecule has 0 radical (unpaired) electrons. The van der Waals surface area contributed by atoms with E-state index in [9.17, 15) is 28.8 Å². The Morgan fingerprint density at radius 3 is 2.05 bits per heavy atom. The van der Waals surface area contributed by atoms with Crippen molar-refractivity contribution in [2.75, 3.05) is 11.9 Å². The molecule has 0 aliphatic rings. The van der Waals surface area contributed by atoms with Crippen molar-refractivity contribution in [3.05, 3.63) is 63.1 Å². The average molecular weight is 573 g/mol. The van der Waals surface area contributed by atoms with E-state index in [1.165, 1.54) is 37.3 Å². The summed E-state index contributed by atoms with van der Waals surface area (Å²) in [6.07, 6.45) is -0.845. The number of carbonyl (C=O) groups is 6. The molecule has 0 spiro atoms. The third-order valence-corrected chi connectivity index (χ3v) is 5.63. The Morgan fingerprint density at radius 2 is 1.46 bits per heavy atom. The van der Waals surface area contributed by atoms with Crippen LogP contribution in [0.4, 0.5) is 5.69 Å². The molecule has 196 valence electrons. The predicted molar refractivity (Wildman–Crippen MR) is 134 cm³/mol. The van der Waals surface area contributed by atoms with Crippen molar-refractivity contribution >= 4 is 75.9 Å². The molecule has 0 aliphatic heterocycles. The van der Waals surface area contributed by atoms with E-state index in [-0.39, 0.29) is 26.3 Å². The van der Waals surface area contributed by atoms with Gasteiger partial charge < -0.3 is 25.8 Å². The zero-order valence-electron chi connectivity index (χ0n) is 19.0. The summed E-state index contributed by atoms with van der Waals surface area (Å²) in [7, 11) is 0. The molecular weight excluding hydrogens is 553 g/mol. The average Bonchev–Trinajstić information content (AvgIpc) is 2.82. The summed E-state index contributed by atoms with van der Waals surface area (Å²) >= 11 is 17.8. The molecule has 0 bridgehead atoms. The summed E-state index contributed by atoms with van der Waals surface area (Å²) in [6.45, 7) is 0.303. The van der Waals surface area contributed by atoms with Crippen molar-refractivity contribution in [1.82, 2.24) is 10.6 Å². The SMILES string of the molecule is C[C@H](NC(=O)C(=O)Nc1ccccc1Cl)C(=O)N[C@@H](CC(=O)O)C(=O)COC(=O)c1c(Cl)cccc1Cl. The number of amides is 3. The first-order valence-corrected chi connectivity index (χ1v) is 11.6. The van der Waals surface area contributed by atoms with Crippen molar-refractivity contribution in [2.24, 2.45) is 0 Å². The van der Waals surface area contributed by atoms with E-state index in [2.05, 4.69) is 16.0 Å². The van der Waals surface area contributed by atoms with Crippen LogP contribution in [0.15, 0.2) is 42.5 Å². The van der Waals surface area contributed by atoms with E-state index < -0.39 is 60.6 Å². The van der Waals surface area contributed by atoms with Gasteiger partial charge in [-0.05, 0) is 31.2 Å². The maximum absolute atomic E-state index is 12.5. The second kappa shape index (κ2) is 13.6. The zero-order chi connectivity index (χ0) is 27.7. The minimum Gasteiger partial charge on any atom is -0.481 e. The molecule has 14 heteroatoms. The molecule has 0 fully saturated rings. The van der Waals surface area contributed by atoms with E-state index in [0.717, 1.165) is 0 Å². The Hall–Kier alpha value is -3.67. The second-order valence-electron chi connectivity index (χ2n) is 7.43. The lowest BCUT2D eigenvalue weighted by atomic mass is 10.1. The fourth-order valence-corrected chi connectivity index (χ4v) is 3.52. The highest BCUT2D eigenvalue weighted by molar-refractivity contribution is 6.42. The molecule has 2 aromatic rings. The molecule has 0 unspecified atom stereocenters. The van der Waals surface area contributed by atoms with E-state index in [1.54, 1.807) is 12.1 Å². The van der Waals surface area contributed by atoms with Gasteiger partial charge in [0, 0.05) is 0 Å². The van der Waals surface area contributed by atoms with E-state index in [1.807, 2.05) is 0 Å². The summed E-state index contributed by atoms with van der Waals surface area (Å²) in [5, 5.41) is 15.8. The van der Waals surface area contributed by atoms with Gasteiger partial charge in [-0.2, -0.15) is 0 Å². The summed E-state index contributed by atoms with van der Waals surface area (Å²) < 4.78 is 4.88. The lowest BCUT2D eigenvalue weighted by Gasteiger charge is -2.19. The number of aliphatic carboxylic acids is 1. The van der Waals surface area contributed by atoms with Crippen LogP contribution in [0.5, 0.6) is 0 Å². The molecule has 0 saturated carbocycles. The molecule has 0 aliphatic carbocycles. The van der Waals surface area contributed by atoms with Gasteiger partial charge in [0.2, 0.25) is 5.91 Å². The fraction of sp³-hybridized carbons (Fsp3) is 0.217. The Balaban J connectivity index is 1.98. The van der Waals surface area contributed by atoms with Crippen LogP contribution in [-0.4, -0.2) is 59.2 Å². The highest BCUT2D eigenvalue weighted by Crippen LogP contribution is 2.25. The molecular formula is C23H20Cl3N3O8. The number of nitrogens with one attached hydrogen (secondary N) is 3. The highest BCUT2D eigenvalue weighted by Gasteiger charge is 2.29. The Kier molecular flexibility index (Phi) is 10.9. The maximum Gasteiger partial charge on any atom is 0.341 e.